The van der Waals surface area contributed by atoms with Gasteiger partial charge < -0.3 is 4.90 Å². The van der Waals surface area contributed by atoms with Gasteiger partial charge in [-0.25, -0.2) is 0 Å². The maximum absolute atomic E-state index is 12.8. The largest absolute Gasteiger partial charge is 0.323 e. The molecule has 3 heteroatoms. The normalized spacial score (nSPS) is 34.0. The van der Waals surface area contributed by atoms with Gasteiger partial charge in [-0.3, -0.25) is 10.1 Å². The van der Waals surface area contributed by atoms with E-state index in [-0.39, 0.29) is 12.2 Å². The second-order valence-corrected chi connectivity index (χ2v) is 7.93. The van der Waals surface area contributed by atoms with E-state index in [4.69, 9.17) is 0 Å². The molecule has 0 aromatic carbocycles. The van der Waals surface area contributed by atoms with Crippen LogP contribution in [-0.2, 0) is 4.79 Å². The molecule has 1 saturated heterocycles. The zero-order valence-electron chi connectivity index (χ0n) is 13.9. The van der Waals surface area contributed by atoms with Crippen molar-refractivity contribution in [3.63, 3.8) is 0 Å². The van der Waals surface area contributed by atoms with Gasteiger partial charge in [0.25, 0.3) is 0 Å². The lowest BCUT2D eigenvalue weighted by molar-refractivity contribution is -0.134. The summed E-state index contributed by atoms with van der Waals surface area (Å²) in [6.07, 6.45) is 7.12. The van der Waals surface area contributed by atoms with Gasteiger partial charge in [-0.2, -0.15) is 0 Å². The first kappa shape index (κ1) is 15.8. The molecule has 3 unspecified atom stereocenters. The standard InChI is InChI=1S/C17H32N2O/c1-6-15-18-14(10-12(2)3)16(20)19(15)13-8-7-9-17(4,5)11-13/h12-15,18H,6-11H2,1-5H3. The molecule has 3 atom stereocenters. The molecule has 2 rings (SSSR count). The predicted octanol–water partition coefficient (Wildman–Crippen LogP) is 3.54. The third-order valence-electron chi connectivity index (χ3n) is 4.95. The third-order valence-corrected chi connectivity index (χ3v) is 4.95. The first-order valence-corrected chi connectivity index (χ1v) is 8.42. The summed E-state index contributed by atoms with van der Waals surface area (Å²) in [6.45, 7) is 11.3. The van der Waals surface area contributed by atoms with E-state index in [9.17, 15) is 4.79 Å². The summed E-state index contributed by atoms with van der Waals surface area (Å²) in [6, 6.07) is 0.492. The van der Waals surface area contributed by atoms with Gasteiger partial charge in [0, 0.05) is 6.04 Å². The molecule has 1 N–H and O–H groups in total. The van der Waals surface area contributed by atoms with Gasteiger partial charge in [0.15, 0.2) is 0 Å². The van der Waals surface area contributed by atoms with Crippen LogP contribution in [0.4, 0.5) is 0 Å². The highest BCUT2D eigenvalue weighted by molar-refractivity contribution is 5.84. The van der Waals surface area contributed by atoms with Crippen molar-refractivity contribution >= 4 is 5.91 Å². The highest BCUT2D eigenvalue weighted by Gasteiger charge is 2.43. The van der Waals surface area contributed by atoms with Crippen molar-refractivity contribution in [2.75, 3.05) is 0 Å². The number of rotatable bonds is 4. The molecule has 0 bridgehead atoms. The Morgan fingerprint density at radius 3 is 2.65 bits per heavy atom. The first-order valence-electron chi connectivity index (χ1n) is 8.42. The minimum absolute atomic E-state index is 0.0463. The molecule has 1 aliphatic carbocycles. The lowest BCUT2D eigenvalue weighted by atomic mass is 9.74. The molecule has 116 valence electrons. The molecule has 0 aromatic rings. The Hall–Kier alpha value is -0.570. The van der Waals surface area contributed by atoms with Crippen LogP contribution in [0.25, 0.3) is 0 Å². The molecule has 2 aliphatic rings. The average Bonchev–Trinajstić information content (AvgIpc) is 2.64. The number of nitrogens with one attached hydrogen (secondary N) is 1. The van der Waals surface area contributed by atoms with Crippen LogP contribution in [-0.4, -0.2) is 29.1 Å². The van der Waals surface area contributed by atoms with Crippen molar-refractivity contribution in [1.29, 1.82) is 0 Å². The smallest absolute Gasteiger partial charge is 0.241 e. The second-order valence-electron chi connectivity index (χ2n) is 7.93. The first-order chi connectivity index (χ1) is 9.34. The van der Waals surface area contributed by atoms with Crippen molar-refractivity contribution in [2.24, 2.45) is 11.3 Å². The number of carbonyl (C=O) groups is 1. The molecular formula is C17H32N2O. The van der Waals surface area contributed by atoms with E-state index in [1.807, 2.05) is 0 Å². The molecule has 0 radical (unpaired) electrons. The van der Waals surface area contributed by atoms with Gasteiger partial charge in [-0.15, -0.1) is 0 Å². The highest BCUT2D eigenvalue weighted by atomic mass is 16.2. The van der Waals surface area contributed by atoms with Gasteiger partial charge in [0.2, 0.25) is 5.91 Å². The number of carbonyl (C=O) groups excluding carboxylic acids is 1. The lowest BCUT2D eigenvalue weighted by Crippen LogP contribution is -2.47. The van der Waals surface area contributed by atoms with E-state index < -0.39 is 0 Å². The van der Waals surface area contributed by atoms with E-state index in [1.165, 1.54) is 19.3 Å². The van der Waals surface area contributed by atoms with Crippen LogP contribution in [0.2, 0.25) is 0 Å². The Balaban J connectivity index is 2.10. The Kier molecular flexibility index (Phi) is 4.78. The van der Waals surface area contributed by atoms with Gasteiger partial charge in [0.1, 0.15) is 0 Å². The lowest BCUT2D eigenvalue weighted by Gasteiger charge is -2.41. The molecular weight excluding hydrogens is 248 g/mol. The summed E-state index contributed by atoms with van der Waals surface area (Å²) >= 11 is 0. The molecule has 1 amide bonds. The van der Waals surface area contributed by atoms with Gasteiger partial charge in [-0.05, 0) is 43.4 Å². The van der Waals surface area contributed by atoms with Crippen LogP contribution in [0.3, 0.4) is 0 Å². The van der Waals surface area contributed by atoms with Crippen molar-refractivity contribution in [3.05, 3.63) is 0 Å². The molecule has 1 aliphatic heterocycles. The Labute approximate surface area is 124 Å². The Morgan fingerprint density at radius 1 is 1.40 bits per heavy atom. The van der Waals surface area contributed by atoms with Crippen molar-refractivity contribution < 1.29 is 4.79 Å². The number of amides is 1. The maximum atomic E-state index is 12.8. The highest BCUT2D eigenvalue weighted by Crippen LogP contribution is 2.39. The third kappa shape index (κ3) is 3.36. The average molecular weight is 280 g/mol. The van der Waals surface area contributed by atoms with Crippen LogP contribution < -0.4 is 5.32 Å². The van der Waals surface area contributed by atoms with Crippen molar-refractivity contribution in [2.45, 2.75) is 91.4 Å². The van der Waals surface area contributed by atoms with Gasteiger partial charge in [-0.1, -0.05) is 41.0 Å². The fourth-order valence-electron chi connectivity index (χ4n) is 4.00. The Bertz CT molecular complexity index is 351. The minimum Gasteiger partial charge on any atom is -0.323 e. The SMILES string of the molecule is CCC1NC(CC(C)C)C(=O)N1C1CCCC(C)(C)C1. The molecule has 1 heterocycles. The molecule has 2 fully saturated rings. The topological polar surface area (TPSA) is 32.3 Å². The molecule has 1 saturated carbocycles. The van der Waals surface area contributed by atoms with E-state index in [0.29, 0.717) is 23.3 Å². The zero-order chi connectivity index (χ0) is 14.9. The van der Waals surface area contributed by atoms with Gasteiger partial charge >= 0.3 is 0 Å². The maximum Gasteiger partial charge on any atom is 0.241 e. The molecule has 20 heavy (non-hydrogen) atoms. The van der Waals surface area contributed by atoms with Crippen LogP contribution in [0.15, 0.2) is 0 Å². The number of hydrogen-bond acceptors (Lipinski definition) is 2. The molecule has 3 nitrogen and oxygen atoms in total. The monoisotopic (exact) mass is 280 g/mol. The van der Waals surface area contributed by atoms with Crippen LogP contribution in [0, 0.1) is 11.3 Å². The number of nitrogens with zero attached hydrogens (tertiary/aromatic N) is 1. The summed E-state index contributed by atoms with van der Waals surface area (Å²) in [5, 5.41) is 3.57. The predicted molar refractivity (Wildman–Crippen MR) is 83.3 cm³/mol. The summed E-state index contributed by atoms with van der Waals surface area (Å²) in [5.41, 5.74) is 0.387. The summed E-state index contributed by atoms with van der Waals surface area (Å²) in [7, 11) is 0. The molecule has 0 spiro atoms. The quantitative estimate of drug-likeness (QED) is 0.854. The van der Waals surface area contributed by atoms with Crippen LogP contribution in [0.1, 0.15) is 73.1 Å². The van der Waals surface area contributed by atoms with Crippen molar-refractivity contribution in [3.8, 4) is 0 Å². The van der Waals surface area contributed by atoms with E-state index in [0.717, 1.165) is 19.3 Å². The van der Waals surface area contributed by atoms with Crippen LogP contribution >= 0.6 is 0 Å². The van der Waals surface area contributed by atoms with E-state index >= 15 is 0 Å². The Morgan fingerprint density at radius 2 is 2.10 bits per heavy atom. The minimum atomic E-state index is 0.0463. The fourth-order valence-corrected chi connectivity index (χ4v) is 4.00. The van der Waals surface area contributed by atoms with E-state index in [2.05, 4.69) is 44.8 Å². The summed E-state index contributed by atoms with van der Waals surface area (Å²) in [4.78, 5) is 15.0. The summed E-state index contributed by atoms with van der Waals surface area (Å²) < 4.78 is 0. The zero-order valence-corrected chi connectivity index (χ0v) is 13.9. The van der Waals surface area contributed by atoms with E-state index in [1.54, 1.807) is 0 Å². The molecule has 0 aromatic heterocycles. The van der Waals surface area contributed by atoms with Gasteiger partial charge in [0.05, 0.1) is 12.2 Å². The van der Waals surface area contributed by atoms with Crippen molar-refractivity contribution in [1.82, 2.24) is 10.2 Å². The number of hydrogen-bond donors (Lipinski definition) is 1. The second kappa shape index (κ2) is 6.05. The fraction of sp³-hybridized carbons (Fsp3) is 0.941. The van der Waals surface area contributed by atoms with Crippen LogP contribution in [0.5, 0.6) is 0 Å². The summed E-state index contributed by atoms with van der Waals surface area (Å²) in [5.74, 6) is 0.921.